The van der Waals surface area contributed by atoms with Crippen molar-refractivity contribution in [3.63, 3.8) is 0 Å². The predicted molar refractivity (Wildman–Crippen MR) is 73.9 cm³/mol. The molecule has 1 fully saturated rings. The van der Waals surface area contributed by atoms with Crippen molar-refractivity contribution in [2.24, 2.45) is 5.92 Å². The molecule has 1 aromatic rings. The number of thioether (sulfide) groups is 1. The Morgan fingerprint density at radius 2 is 2.50 bits per heavy atom. The number of halogens is 1. The Balaban J connectivity index is 2.00. The summed E-state index contributed by atoms with van der Waals surface area (Å²) in [6.45, 7) is 0. The third kappa shape index (κ3) is 3.22. The molecule has 88 valence electrons. The molecule has 1 aliphatic rings. The number of hydrogen-bond acceptors (Lipinski definition) is 3. The van der Waals surface area contributed by atoms with Crippen LogP contribution >= 0.6 is 27.7 Å². The third-order valence-corrected chi connectivity index (χ3v) is 4.74. The van der Waals surface area contributed by atoms with Gasteiger partial charge in [0.15, 0.2) is 0 Å². The van der Waals surface area contributed by atoms with Gasteiger partial charge >= 0.3 is 0 Å². The third-order valence-electron chi connectivity index (χ3n) is 3.12. The normalized spacial score (nSPS) is 22.2. The fourth-order valence-corrected chi connectivity index (χ4v) is 3.95. The SMILES string of the molecule is CNC(Cc1cncc(Br)c1)C1CCSC1. The Hall–Kier alpha value is -0.0600. The van der Waals surface area contributed by atoms with Gasteiger partial charge in [-0.2, -0.15) is 11.8 Å². The van der Waals surface area contributed by atoms with E-state index in [1.54, 1.807) is 0 Å². The summed E-state index contributed by atoms with van der Waals surface area (Å²) in [5.41, 5.74) is 1.31. The van der Waals surface area contributed by atoms with E-state index in [4.69, 9.17) is 0 Å². The Bertz CT molecular complexity index is 340. The summed E-state index contributed by atoms with van der Waals surface area (Å²) < 4.78 is 1.07. The quantitative estimate of drug-likeness (QED) is 0.925. The molecular weight excluding hydrogens is 284 g/mol. The zero-order valence-corrected chi connectivity index (χ0v) is 11.9. The van der Waals surface area contributed by atoms with Crippen LogP contribution in [-0.2, 0) is 6.42 Å². The molecule has 0 saturated carbocycles. The van der Waals surface area contributed by atoms with Gasteiger partial charge in [-0.25, -0.2) is 0 Å². The Morgan fingerprint density at radius 3 is 3.12 bits per heavy atom. The summed E-state index contributed by atoms with van der Waals surface area (Å²) >= 11 is 5.55. The van der Waals surface area contributed by atoms with Gasteiger partial charge in [-0.1, -0.05) is 0 Å². The highest BCUT2D eigenvalue weighted by Crippen LogP contribution is 2.27. The van der Waals surface area contributed by atoms with Crippen LogP contribution in [0.2, 0.25) is 0 Å². The summed E-state index contributed by atoms with van der Waals surface area (Å²) in [5, 5.41) is 3.46. The largest absolute Gasteiger partial charge is 0.316 e. The van der Waals surface area contributed by atoms with Crippen LogP contribution in [0, 0.1) is 5.92 Å². The van der Waals surface area contributed by atoms with E-state index in [-0.39, 0.29) is 0 Å². The highest BCUT2D eigenvalue weighted by atomic mass is 79.9. The van der Waals surface area contributed by atoms with Crippen LogP contribution in [-0.4, -0.2) is 29.6 Å². The van der Waals surface area contributed by atoms with Gasteiger partial charge in [-0.05, 0) is 64.9 Å². The summed E-state index contributed by atoms with van der Waals surface area (Å²) in [4.78, 5) is 4.22. The standard InChI is InChI=1S/C12H17BrN2S/c1-14-12(10-2-3-16-8-10)5-9-4-11(13)7-15-6-9/h4,6-7,10,12,14H,2-3,5,8H2,1H3. The van der Waals surface area contributed by atoms with E-state index in [2.05, 4.69) is 51.1 Å². The maximum absolute atomic E-state index is 4.22. The minimum atomic E-state index is 0.589. The number of nitrogens with zero attached hydrogens (tertiary/aromatic N) is 1. The van der Waals surface area contributed by atoms with E-state index in [1.165, 1.54) is 23.5 Å². The van der Waals surface area contributed by atoms with Gasteiger partial charge in [0, 0.05) is 22.9 Å². The van der Waals surface area contributed by atoms with Gasteiger partial charge < -0.3 is 5.32 Å². The summed E-state index contributed by atoms with van der Waals surface area (Å²) in [7, 11) is 2.07. The number of likely N-dealkylation sites (N-methyl/N-ethyl adjacent to an activating group) is 1. The summed E-state index contributed by atoms with van der Waals surface area (Å²) in [6.07, 6.45) is 6.23. The van der Waals surface area contributed by atoms with Gasteiger partial charge in [-0.3, -0.25) is 4.98 Å². The number of nitrogens with one attached hydrogen (secondary N) is 1. The summed E-state index contributed by atoms with van der Waals surface area (Å²) in [5.74, 6) is 3.43. The lowest BCUT2D eigenvalue weighted by molar-refractivity contribution is 0.404. The molecule has 2 rings (SSSR count). The van der Waals surface area contributed by atoms with E-state index in [9.17, 15) is 0 Å². The van der Waals surface area contributed by atoms with E-state index in [1.807, 2.05) is 12.4 Å². The smallest absolute Gasteiger partial charge is 0.0410 e. The van der Waals surface area contributed by atoms with Crippen molar-refractivity contribution in [3.05, 3.63) is 28.5 Å². The predicted octanol–water partition coefficient (Wildman–Crippen LogP) is 2.73. The summed E-state index contributed by atoms with van der Waals surface area (Å²) in [6, 6.07) is 2.76. The molecular formula is C12H17BrN2S. The van der Waals surface area contributed by atoms with E-state index in [0.29, 0.717) is 6.04 Å². The first-order chi connectivity index (χ1) is 7.79. The van der Waals surface area contributed by atoms with Gasteiger partial charge in [0.05, 0.1) is 0 Å². The molecule has 4 heteroatoms. The molecule has 2 atom stereocenters. The molecule has 0 spiro atoms. The van der Waals surface area contributed by atoms with E-state index >= 15 is 0 Å². The first-order valence-electron chi connectivity index (χ1n) is 5.64. The molecule has 1 saturated heterocycles. The van der Waals surface area contributed by atoms with Crippen molar-refractivity contribution >= 4 is 27.7 Å². The fourth-order valence-electron chi connectivity index (χ4n) is 2.20. The molecule has 2 nitrogen and oxygen atoms in total. The second-order valence-corrected chi connectivity index (χ2v) is 6.30. The van der Waals surface area contributed by atoms with Crippen LogP contribution < -0.4 is 5.32 Å². The molecule has 0 aromatic carbocycles. The average Bonchev–Trinajstić information content (AvgIpc) is 2.79. The van der Waals surface area contributed by atoms with Gasteiger partial charge in [0.2, 0.25) is 0 Å². The van der Waals surface area contributed by atoms with Crippen molar-refractivity contribution in [2.45, 2.75) is 18.9 Å². The minimum Gasteiger partial charge on any atom is -0.316 e. The van der Waals surface area contributed by atoms with Crippen molar-refractivity contribution in [3.8, 4) is 0 Å². The van der Waals surface area contributed by atoms with Crippen molar-refractivity contribution < 1.29 is 0 Å². The molecule has 1 aliphatic heterocycles. The monoisotopic (exact) mass is 300 g/mol. The van der Waals surface area contributed by atoms with Crippen molar-refractivity contribution in [1.29, 1.82) is 0 Å². The Morgan fingerprint density at radius 1 is 1.62 bits per heavy atom. The van der Waals surface area contributed by atoms with Crippen molar-refractivity contribution in [2.75, 3.05) is 18.6 Å². The zero-order valence-electron chi connectivity index (χ0n) is 9.45. The molecule has 1 N–H and O–H groups in total. The molecule has 0 radical (unpaired) electrons. The van der Waals surface area contributed by atoms with Crippen LogP contribution in [0.25, 0.3) is 0 Å². The number of aromatic nitrogens is 1. The molecule has 16 heavy (non-hydrogen) atoms. The lowest BCUT2D eigenvalue weighted by Crippen LogP contribution is -2.35. The molecule has 0 bridgehead atoms. The maximum atomic E-state index is 4.22. The first kappa shape index (κ1) is 12.4. The zero-order chi connectivity index (χ0) is 11.4. The highest BCUT2D eigenvalue weighted by molar-refractivity contribution is 9.10. The first-order valence-corrected chi connectivity index (χ1v) is 7.59. The van der Waals surface area contributed by atoms with Gasteiger partial charge in [0.25, 0.3) is 0 Å². The van der Waals surface area contributed by atoms with Gasteiger partial charge in [0.1, 0.15) is 0 Å². The minimum absolute atomic E-state index is 0.589. The second kappa shape index (κ2) is 6.03. The van der Waals surface area contributed by atoms with Gasteiger partial charge in [-0.15, -0.1) is 0 Å². The average molecular weight is 301 g/mol. The molecule has 1 aromatic heterocycles. The topological polar surface area (TPSA) is 24.9 Å². The molecule has 2 heterocycles. The van der Waals surface area contributed by atoms with Crippen LogP contribution in [0.3, 0.4) is 0 Å². The van der Waals surface area contributed by atoms with Crippen LogP contribution in [0.5, 0.6) is 0 Å². The highest BCUT2D eigenvalue weighted by Gasteiger charge is 2.24. The lowest BCUT2D eigenvalue weighted by atomic mass is 9.94. The van der Waals surface area contributed by atoms with Crippen LogP contribution in [0.15, 0.2) is 22.9 Å². The number of rotatable bonds is 4. The second-order valence-electron chi connectivity index (χ2n) is 4.23. The molecule has 2 unspecified atom stereocenters. The van der Waals surface area contributed by atoms with E-state index < -0.39 is 0 Å². The lowest BCUT2D eigenvalue weighted by Gasteiger charge is -2.22. The van der Waals surface area contributed by atoms with Crippen LogP contribution in [0.1, 0.15) is 12.0 Å². The van der Waals surface area contributed by atoms with Crippen LogP contribution in [0.4, 0.5) is 0 Å². The van der Waals surface area contributed by atoms with E-state index in [0.717, 1.165) is 16.8 Å². The number of pyridine rings is 1. The number of hydrogen-bond donors (Lipinski definition) is 1. The maximum Gasteiger partial charge on any atom is 0.0410 e. The Kier molecular flexibility index (Phi) is 4.67. The molecule has 0 aliphatic carbocycles. The fraction of sp³-hybridized carbons (Fsp3) is 0.583. The Labute approximate surface area is 110 Å². The molecule has 0 amide bonds. The van der Waals surface area contributed by atoms with Crippen molar-refractivity contribution in [1.82, 2.24) is 10.3 Å².